The average molecular weight is 192 g/mol. The second-order valence-electron chi connectivity index (χ2n) is 2.63. The van der Waals surface area contributed by atoms with E-state index in [4.69, 9.17) is 5.21 Å². The molecule has 2 aromatic heterocycles. The zero-order chi connectivity index (χ0) is 9.97. The molecule has 72 valence electrons. The van der Waals surface area contributed by atoms with E-state index in [2.05, 4.69) is 10.1 Å². The van der Waals surface area contributed by atoms with Crippen LogP contribution in [0.4, 0.5) is 5.69 Å². The summed E-state index contributed by atoms with van der Waals surface area (Å²) in [5.74, 6) is 0.324. The van der Waals surface area contributed by atoms with Crippen LogP contribution in [0.3, 0.4) is 0 Å². The standard InChI is InChI=1S/C8H8N4O2/c13-12(14)7-3-1-4-9-8(7)11-6-2-5-10-11/h1-6,12-13H. The third-order valence-electron chi connectivity index (χ3n) is 1.74. The Labute approximate surface area is 79.6 Å². The summed E-state index contributed by atoms with van der Waals surface area (Å²) in [7, 11) is 0. The highest BCUT2D eigenvalue weighted by Gasteiger charge is 2.10. The van der Waals surface area contributed by atoms with Crippen molar-refractivity contribution in [3.8, 4) is 5.82 Å². The van der Waals surface area contributed by atoms with Crippen molar-refractivity contribution in [2.45, 2.75) is 0 Å². The molecule has 0 saturated heterocycles. The molecular formula is C8H8N4O2. The van der Waals surface area contributed by atoms with Gasteiger partial charge in [0.05, 0.1) is 0 Å². The summed E-state index contributed by atoms with van der Waals surface area (Å²) in [6.07, 6.45) is 4.75. The molecule has 1 atom stereocenters. The summed E-state index contributed by atoms with van der Waals surface area (Å²) < 4.78 is 1.42. The van der Waals surface area contributed by atoms with Crippen molar-refractivity contribution in [3.63, 3.8) is 0 Å². The topological polar surface area (TPSA) is 78.4 Å². The number of pyridine rings is 1. The van der Waals surface area contributed by atoms with Gasteiger partial charge in [-0.2, -0.15) is 10.3 Å². The van der Waals surface area contributed by atoms with Crippen LogP contribution in [-0.2, 0) is 0 Å². The minimum Gasteiger partial charge on any atom is -0.595 e. The van der Waals surface area contributed by atoms with E-state index in [9.17, 15) is 5.21 Å². The zero-order valence-corrected chi connectivity index (χ0v) is 7.16. The molecular weight excluding hydrogens is 184 g/mol. The summed E-state index contributed by atoms with van der Waals surface area (Å²) in [6.45, 7) is 0. The molecule has 0 aliphatic carbocycles. The lowest BCUT2D eigenvalue weighted by Gasteiger charge is -2.13. The summed E-state index contributed by atoms with van der Waals surface area (Å²) in [5.41, 5.74) is 0.135. The smallest absolute Gasteiger partial charge is 0.219 e. The van der Waals surface area contributed by atoms with Crippen molar-refractivity contribution in [3.05, 3.63) is 42.0 Å². The fourth-order valence-corrected chi connectivity index (χ4v) is 1.14. The molecule has 0 aliphatic rings. The normalized spacial score (nSPS) is 12.7. The van der Waals surface area contributed by atoms with Crippen molar-refractivity contribution < 1.29 is 10.4 Å². The number of hydrogen-bond acceptors (Lipinski definition) is 4. The molecule has 2 aromatic rings. The molecule has 2 rings (SSSR count). The Morgan fingerprint density at radius 2 is 2.21 bits per heavy atom. The van der Waals surface area contributed by atoms with E-state index >= 15 is 0 Å². The Balaban J connectivity index is 2.53. The molecule has 0 radical (unpaired) electrons. The molecule has 0 saturated carbocycles. The summed E-state index contributed by atoms with van der Waals surface area (Å²) in [4.78, 5) is 3.96. The van der Waals surface area contributed by atoms with Gasteiger partial charge in [-0.15, -0.1) is 0 Å². The highest BCUT2D eigenvalue weighted by atomic mass is 16.8. The second-order valence-corrected chi connectivity index (χ2v) is 2.63. The molecule has 2 heterocycles. The first-order valence-electron chi connectivity index (χ1n) is 3.97. The van der Waals surface area contributed by atoms with Crippen LogP contribution in [0.15, 0.2) is 36.8 Å². The number of nitrogens with one attached hydrogen (secondary N) is 1. The van der Waals surface area contributed by atoms with Gasteiger partial charge in [-0.1, -0.05) is 0 Å². The van der Waals surface area contributed by atoms with Gasteiger partial charge in [0.1, 0.15) is 0 Å². The van der Waals surface area contributed by atoms with Crippen LogP contribution >= 0.6 is 0 Å². The van der Waals surface area contributed by atoms with E-state index in [-0.39, 0.29) is 5.69 Å². The summed E-state index contributed by atoms with van der Waals surface area (Å²) >= 11 is 0. The fourth-order valence-electron chi connectivity index (χ4n) is 1.14. The Hall–Kier alpha value is -1.76. The molecule has 0 aliphatic heterocycles. The molecule has 14 heavy (non-hydrogen) atoms. The predicted octanol–water partition coefficient (Wildman–Crippen LogP) is -0.329. The minimum absolute atomic E-state index is 0.135. The van der Waals surface area contributed by atoms with Crippen LogP contribution in [0.25, 0.3) is 5.82 Å². The van der Waals surface area contributed by atoms with E-state index in [1.54, 1.807) is 24.5 Å². The fraction of sp³-hybridized carbons (Fsp3) is 0. The van der Waals surface area contributed by atoms with Gasteiger partial charge in [0.25, 0.3) is 0 Å². The molecule has 2 N–H and O–H groups in total. The Morgan fingerprint density at radius 3 is 2.86 bits per heavy atom. The molecule has 6 nitrogen and oxygen atoms in total. The first-order chi connectivity index (χ1) is 6.79. The monoisotopic (exact) mass is 192 g/mol. The van der Waals surface area contributed by atoms with E-state index in [1.807, 2.05) is 0 Å². The maximum atomic E-state index is 10.8. The molecule has 0 aromatic carbocycles. The van der Waals surface area contributed by atoms with Crippen molar-refractivity contribution in [1.82, 2.24) is 14.8 Å². The van der Waals surface area contributed by atoms with Gasteiger partial charge in [-0.25, -0.2) is 14.9 Å². The van der Waals surface area contributed by atoms with Crippen molar-refractivity contribution in [2.24, 2.45) is 0 Å². The van der Waals surface area contributed by atoms with Crippen LogP contribution < -0.4 is 5.23 Å². The Kier molecular flexibility index (Phi) is 2.23. The second kappa shape index (κ2) is 3.54. The van der Waals surface area contributed by atoms with Crippen molar-refractivity contribution in [2.75, 3.05) is 0 Å². The quantitative estimate of drug-likeness (QED) is 0.638. The Morgan fingerprint density at radius 1 is 1.36 bits per heavy atom. The van der Waals surface area contributed by atoms with Gasteiger partial charge in [0.2, 0.25) is 11.5 Å². The molecule has 0 fully saturated rings. The predicted molar refractivity (Wildman–Crippen MR) is 47.1 cm³/mol. The average Bonchev–Trinajstić information content (AvgIpc) is 2.70. The molecule has 6 heteroatoms. The third kappa shape index (κ3) is 1.49. The van der Waals surface area contributed by atoms with Crippen LogP contribution in [0.5, 0.6) is 0 Å². The van der Waals surface area contributed by atoms with Crippen LogP contribution in [0.1, 0.15) is 0 Å². The van der Waals surface area contributed by atoms with Gasteiger partial charge in [-0.3, -0.25) is 0 Å². The van der Waals surface area contributed by atoms with E-state index in [0.717, 1.165) is 0 Å². The number of nitrogens with zero attached hydrogens (tertiary/aromatic N) is 3. The Bertz CT molecular complexity index is 413. The van der Waals surface area contributed by atoms with Crippen LogP contribution in [0, 0.1) is 5.21 Å². The first-order valence-corrected chi connectivity index (χ1v) is 3.97. The van der Waals surface area contributed by atoms with Gasteiger partial charge >= 0.3 is 0 Å². The van der Waals surface area contributed by atoms with Crippen molar-refractivity contribution in [1.29, 1.82) is 0 Å². The van der Waals surface area contributed by atoms with E-state index in [1.165, 1.54) is 16.9 Å². The van der Waals surface area contributed by atoms with E-state index in [0.29, 0.717) is 5.82 Å². The summed E-state index contributed by atoms with van der Waals surface area (Å²) in [6, 6.07) is 4.78. The van der Waals surface area contributed by atoms with Gasteiger partial charge in [0, 0.05) is 24.7 Å². The third-order valence-corrected chi connectivity index (χ3v) is 1.74. The van der Waals surface area contributed by atoms with Gasteiger partial charge < -0.3 is 5.21 Å². The minimum atomic E-state index is -1.01. The lowest BCUT2D eigenvalue weighted by atomic mass is 10.4. The number of hydrogen-bond donors (Lipinski definition) is 2. The lowest BCUT2D eigenvalue weighted by Crippen LogP contribution is -2.99. The largest absolute Gasteiger partial charge is 0.595 e. The highest BCUT2D eigenvalue weighted by Crippen LogP contribution is 2.10. The molecule has 0 bridgehead atoms. The number of aromatic nitrogens is 3. The first kappa shape index (κ1) is 8.82. The molecule has 0 spiro atoms. The maximum Gasteiger partial charge on any atom is 0.219 e. The SMILES string of the molecule is [O-][NH+](O)c1cccnc1-n1cccn1. The summed E-state index contributed by atoms with van der Waals surface area (Å²) in [5, 5.41) is 22.6. The van der Waals surface area contributed by atoms with Gasteiger partial charge in [0.15, 0.2) is 0 Å². The van der Waals surface area contributed by atoms with Crippen molar-refractivity contribution >= 4 is 5.69 Å². The lowest BCUT2D eigenvalue weighted by molar-refractivity contribution is -0.991. The number of quaternary nitrogens is 1. The highest BCUT2D eigenvalue weighted by molar-refractivity contribution is 5.44. The number of rotatable bonds is 2. The maximum absolute atomic E-state index is 10.8. The molecule has 1 unspecified atom stereocenters. The van der Waals surface area contributed by atoms with Gasteiger partial charge in [-0.05, 0) is 12.1 Å². The molecule has 0 amide bonds. The van der Waals surface area contributed by atoms with Crippen LogP contribution in [0.2, 0.25) is 0 Å². The van der Waals surface area contributed by atoms with E-state index < -0.39 is 5.23 Å². The van der Waals surface area contributed by atoms with Crippen LogP contribution in [-0.4, -0.2) is 20.0 Å². The zero-order valence-electron chi connectivity index (χ0n) is 7.16.